The number of hydrogen-bond donors (Lipinski definition) is 3. The third-order valence-electron chi connectivity index (χ3n) is 4.42. The van der Waals surface area contributed by atoms with Gasteiger partial charge in [-0.15, -0.1) is 0 Å². The summed E-state index contributed by atoms with van der Waals surface area (Å²) < 4.78 is 9.46. The molecule has 1 aliphatic rings. The van der Waals surface area contributed by atoms with Crippen molar-refractivity contribution in [1.29, 1.82) is 0 Å². The van der Waals surface area contributed by atoms with Gasteiger partial charge in [0.2, 0.25) is 6.33 Å². The molecule has 2 aromatic rings. The maximum absolute atomic E-state index is 12.4. The fourth-order valence-corrected chi connectivity index (χ4v) is 3.09. The minimum absolute atomic E-state index is 0.303. The van der Waals surface area contributed by atoms with Crippen molar-refractivity contribution in [1.82, 2.24) is 14.1 Å². The summed E-state index contributed by atoms with van der Waals surface area (Å²) in [5, 5.41) is 10.3. The molecule has 1 saturated heterocycles. The number of imidazole rings is 1. The van der Waals surface area contributed by atoms with Crippen LogP contribution in [0.5, 0.6) is 0 Å². The zero-order chi connectivity index (χ0) is 16.6. The van der Waals surface area contributed by atoms with Crippen LogP contribution in [0.15, 0.2) is 15.9 Å². The monoisotopic (exact) mass is 325 g/mol. The normalized spacial score (nSPS) is 17.7. The number of morpholine rings is 1. The Bertz CT molecular complexity index is 815. The lowest BCUT2D eigenvalue weighted by Crippen LogP contribution is -3.15. The number of aliphatic hydroxyl groups excluding tert-OH is 1. The standard InChI is InChI=1S/C14H21N5O4/c1-16-12-11(13(21)17(2)14(16)22)19(9-15-12)8-10(20)7-18-3-5-23-6-4-18/h9-10,20H,3-8H2,1-2H3/p+2. The van der Waals surface area contributed by atoms with E-state index in [4.69, 9.17) is 4.74 Å². The van der Waals surface area contributed by atoms with Gasteiger partial charge < -0.3 is 14.7 Å². The first kappa shape index (κ1) is 15.9. The molecule has 0 saturated carbocycles. The van der Waals surface area contributed by atoms with Crippen LogP contribution >= 0.6 is 0 Å². The van der Waals surface area contributed by atoms with E-state index in [1.807, 2.05) is 0 Å². The molecule has 9 nitrogen and oxygen atoms in total. The SMILES string of the molecule is Cn1c(=O)c2c([nH]c[n+]2CC(O)C[NH+]2CCOCC2)n(C)c1=O. The van der Waals surface area contributed by atoms with Gasteiger partial charge in [-0.1, -0.05) is 0 Å². The second-order valence-electron chi connectivity index (χ2n) is 6.05. The molecule has 3 heterocycles. The Hall–Kier alpha value is -1.97. The molecule has 3 rings (SSSR count). The number of fused-ring (bicyclic) bond motifs is 1. The minimum Gasteiger partial charge on any atom is -0.383 e. The molecule has 0 amide bonds. The molecule has 23 heavy (non-hydrogen) atoms. The quantitative estimate of drug-likeness (QED) is 0.501. The molecular formula is C14H23N5O4+2. The van der Waals surface area contributed by atoms with Crippen molar-refractivity contribution >= 4 is 11.2 Å². The fraction of sp³-hybridized carbons (Fsp3) is 0.643. The molecule has 0 radical (unpaired) electrons. The summed E-state index contributed by atoms with van der Waals surface area (Å²) in [6.45, 7) is 4.10. The van der Waals surface area contributed by atoms with Gasteiger partial charge in [-0.2, -0.15) is 0 Å². The van der Waals surface area contributed by atoms with Gasteiger partial charge in [-0.05, 0) is 0 Å². The van der Waals surface area contributed by atoms with E-state index in [1.165, 1.54) is 16.5 Å². The predicted octanol–water partition coefficient (Wildman–Crippen LogP) is -3.87. The van der Waals surface area contributed by atoms with Crippen molar-refractivity contribution in [3.63, 3.8) is 0 Å². The van der Waals surface area contributed by atoms with Crippen LogP contribution in [-0.2, 0) is 25.4 Å². The Balaban J connectivity index is 1.86. The predicted molar refractivity (Wildman–Crippen MR) is 81.4 cm³/mol. The Labute approximate surface area is 132 Å². The van der Waals surface area contributed by atoms with E-state index in [2.05, 4.69) is 4.98 Å². The number of aromatic amines is 1. The molecule has 0 aliphatic carbocycles. The van der Waals surface area contributed by atoms with Gasteiger partial charge in [0.1, 0.15) is 32.3 Å². The molecule has 126 valence electrons. The highest BCUT2D eigenvalue weighted by Gasteiger charge is 2.24. The smallest absolute Gasteiger partial charge is 0.333 e. The highest BCUT2D eigenvalue weighted by molar-refractivity contribution is 5.64. The van der Waals surface area contributed by atoms with E-state index in [1.54, 1.807) is 17.9 Å². The van der Waals surface area contributed by atoms with Crippen LogP contribution in [0.25, 0.3) is 11.2 Å². The van der Waals surface area contributed by atoms with E-state index >= 15 is 0 Å². The number of aryl methyl sites for hydroxylation is 1. The first-order chi connectivity index (χ1) is 11.0. The van der Waals surface area contributed by atoms with Crippen molar-refractivity contribution in [2.24, 2.45) is 14.1 Å². The Morgan fingerprint density at radius 2 is 2.04 bits per heavy atom. The van der Waals surface area contributed by atoms with Crippen molar-refractivity contribution < 1.29 is 19.3 Å². The van der Waals surface area contributed by atoms with Crippen LogP contribution in [0.3, 0.4) is 0 Å². The lowest BCUT2D eigenvalue weighted by Gasteiger charge is -2.25. The number of ether oxygens (including phenoxy) is 1. The van der Waals surface area contributed by atoms with E-state index in [9.17, 15) is 14.7 Å². The largest absolute Gasteiger partial charge is 0.383 e. The first-order valence-electron chi connectivity index (χ1n) is 7.75. The topological polar surface area (TPSA) is 97.6 Å². The third kappa shape index (κ3) is 2.94. The van der Waals surface area contributed by atoms with Gasteiger partial charge in [0, 0.05) is 14.1 Å². The number of quaternary nitrogens is 1. The Morgan fingerprint density at radius 3 is 2.74 bits per heavy atom. The van der Waals surface area contributed by atoms with E-state index < -0.39 is 6.10 Å². The summed E-state index contributed by atoms with van der Waals surface area (Å²) in [6, 6.07) is 0. The number of rotatable bonds is 4. The summed E-state index contributed by atoms with van der Waals surface area (Å²) in [5.41, 5.74) is 0.111. The molecule has 0 aromatic carbocycles. The maximum atomic E-state index is 12.4. The molecule has 1 fully saturated rings. The van der Waals surface area contributed by atoms with E-state index in [0.29, 0.717) is 37.5 Å². The summed E-state index contributed by atoms with van der Waals surface area (Å²) in [7, 11) is 3.06. The molecule has 0 bridgehead atoms. The summed E-state index contributed by atoms with van der Waals surface area (Å²) in [4.78, 5) is 28.5. The van der Waals surface area contributed by atoms with Crippen LogP contribution < -0.4 is 20.7 Å². The minimum atomic E-state index is -0.575. The lowest BCUT2D eigenvalue weighted by molar-refractivity contribution is -0.913. The number of nitrogens with one attached hydrogen (secondary N) is 2. The van der Waals surface area contributed by atoms with Gasteiger partial charge >= 0.3 is 11.2 Å². The highest BCUT2D eigenvalue weighted by atomic mass is 16.5. The van der Waals surface area contributed by atoms with Crippen LogP contribution in [0, 0.1) is 0 Å². The molecule has 1 unspecified atom stereocenters. The van der Waals surface area contributed by atoms with Crippen LogP contribution in [0.2, 0.25) is 0 Å². The van der Waals surface area contributed by atoms with Gasteiger partial charge in [0.25, 0.3) is 11.2 Å². The molecular weight excluding hydrogens is 302 g/mol. The van der Waals surface area contributed by atoms with Gasteiger partial charge in [0.05, 0.1) is 13.2 Å². The lowest BCUT2D eigenvalue weighted by atomic mass is 10.3. The third-order valence-corrected chi connectivity index (χ3v) is 4.42. The average molecular weight is 325 g/mol. The fourth-order valence-electron chi connectivity index (χ4n) is 3.09. The highest BCUT2D eigenvalue weighted by Crippen LogP contribution is 1.98. The Kier molecular flexibility index (Phi) is 4.33. The maximum Gasteiger partial charge on any atom is 0.333 e. The number of aliphatic hydroxyl groups is 1. The summed E-state index contributed by atoms with van der Waals surface area (Å²) >= 11 is 0. The summed E-state index contributed by atoms with van der Waals surface area (Å²) in [6.07, 6.45) is 1.05. The zero-order valence-electron chi connectivity index (χ0n) is 13.4. The van der Waals surface area contributed by atoms with Gasteiger partial charge in [0.15, 0.2) is 0 Å². The van der Waals surface area contributed by atoms with Crippen molar-refractivity contribution in [2.45, 2.75) is 12.6 Å². The molecule has 0 spiro atoms. The average Bonchev–Trinajstić information content (AvgIpc) is 2.95. The van der Waals surface area contributed by atoms with Gasteiger partial charge in [-0.3, -0.25) is 13.9 Å². The molecule has 1 atom stereocenters. The second-order valence-corrected chi connectivity index (χ2v) is 6.05. The second kappa shape index (κ2) is 6.26. The molecule has 2 aromatic heterocycles. The first-order valence-corrected chi connectivity index (χ1v) is 7.75. The van der Waals surface area contributed by atoms with Gasteiger partial charge in [-0.25, -0.2) is 14.3 Å². The number of aromatic nitrogens is 4. The number of nitrogens with zero attached hydrogens (tertiary/aromatic N) is 3. The van der Waals surface area contributed by atoms with Crippen molar-refractivity contribution in [2.75, 3.05) is 32.8 Å². The molecule has 3 N–H and O–H groups in total. The van der Waals surface area contributed by atoms with Crippen molar-refractivity contribution in [3.05, 3.63) is 27.2 Å². The van der Waals surface area contributed by atoms with E-state index in [0.717, 1.165) is 17.7 Å². The van der Waals surface area contributed by atoms with Crippen LogP contribution in [-0.4, -0.2) is 58.2 Å². The molecule has 9 heteroatoms. The van der Waals surface area contributed by atoms with Crippen LogP contribution in [0.1, 0.15) is 0 Å². The molecule has 1 aliphatic heterocycles. The van der Waals surface area contributed by atoms with E-state index in [-0.39, 0.29) is 11.2 Å². The Morgan fingerprint density at radius 1 is 1.35 bits per heavy atom. The number of H-pyrrole nitrogens is 1. The summed E-state index contributed by atoms with van der Waals surface area (Å²) in [5.74, 6) is 0. The zero-order valence-corrected chi connectivity index (χ0v) is 13.4. The van der Waals surface area contributed by atoms with Crippen molar-refractivity contribution in [3.8, 4) is 0 Å². The van der Waals surface area contributed by atoms with Crippen LogP contribution in [0.4, 0.5) is 0 Å². The number of hydrogen-bond acceptors (Lipinski definition) is 4.